The third kappa shape index (κ3) is 1.03. The Bertz CT molecular complexity index is 227. The Labute approximate surface area is 67.5 Å². The van der Waals surface area contributed by atoms with Gasteiger partial charge in [-0.05, 0) is 30.8 Å². The number of hydrogen-bond donors (Lipinski definition) is 0. The van der Waals surface area contributed by atoms with Gasteiger partial charge in [0.05, 0.1) is 0 Å². The second-order valence-electron chi connectivity index (χ2n) is 4.08. The number of fused-ring (bicyclic) bond motifs is 1. The third-order valence-corrected chi connectivity index (χ3v) is 3.10. The average molecular weight is 150 g/mol. The molecule has 0 bridgehead atoms. The van der Waals surface area contributed by atoms with Crippen LogP contribution in [-0.4, -0.2) is 5.78 Å². The van der Waals surface area contributed by atoms with Crippen molar-refractivity contribution in [1.82, 2.24) is 0 Å². The average Bonchev–Trinajstić information content (AvgIpc) is 2.22. The Kier molecular flexibility index (Phi) is 1.41. The first kappa shape index (κ1) is 7.08. The van der Waals surface area contributed by atoms with Crippen LogP contribution in [-0.2, 0) is 4.79 Å². The van der Waals surface area contributed by atoms with E-state index >= 15 is 0 Å². The summed E-state index contributed by atoms with van der Waals surface area (Å²) in [5.41, 5.74) is 1.70. The molecule has 2 rings (SSSR count). The Morgan fingerprint density at radius 3 is 3.00 bits per heavy atom. The smallest absolute Gasteiger partial charge is 0.156 e. The van der Waals surface area contributed by atoms with E-state index in [1.54, 1.807) is 0 Å². The van der Waals surface area contributed by atoms with E-state index in [1.807, 2.05) is 6.08 Å². The van der Waals surface area contributed by atoms with Gasteiger partial charge in [-0.25, -0.2) is 0 Å². The maximum Gasteiger partial charge on any atom is 0.156 e. The lowest BCUT2D eigenvalue weighted by molar-refractivity contribution is -0.115. The lowest BCUT2D eigenvalue weighted by Gasteiger charge is -2.31. The lowest BCUT2D eigenvalue weighted by Crippen LogP contribution is -2.20. The highest BCUT2D eigenvalue weighted by molar-refractivity contribution is 5.94. The number of carbonyl (C=O) groups is 1. The van der Waals surface area contributed by atoms with Gasteiger partial charge in [0, 0.05) is 6.42 Å². The van der Waals surface area contributed by atoms with E-state index in [0.29, 0.717) is 5.78 Å². The molecule has 0 aliphatic heterocycles. The zero-order valence-corrected chi connectivity index (χ0v) is 7.02. The Morgan fingerprint density at radius 1 is 1.45 bits per heavy atom. The molecule has 0 aromatic rings. The van der Waals surface area contributed by atoms with Crippen molar-refractivity contribution in [3.05, 3.63) is 11.6 Å². The largest absolute Gasteiger partial charge is 0.295 e. The second-order valence-corrected chi connectivity index (χ2v) is 4.08. The fourth-order valence-corrected chi connectivity index (χ4v) is 2.37. The van der Waals surface area contributed by atoms with Crippen molar-refractivity contribution in [3.8, 4) is 0 Å². The molecule has 0 saturated heterocycles. The number of rotatable bonds is 0. The fourth-order valence-electron chi connectivity index (χ4n) is 2.37. The summed E-state index contributed by atoms with van der Waals surface area (Å²) in [4.78, 5) is 11.1. The van der Waals surface area contributed by atoms with Crippen LogP contribution in [0.3, 0.4) is 0 Å². The molecule has 1 nitrogen and oxygen atoms in total. The van der Waals surface area contributed by atoms with Crippen molar-refractivity contribution in [2.24, 2.45) is 5.41 Å². The highest BCUT2D eigenvalue weighted by Crippen LogP contribution is 2.46. The molecule has 0 radical (unpaired) electrons. The summed E-state index contributed by atoms with van der Waals surface area (Å²) in [7, 11) is 0. The van der Waals surface area contributed by atoms with Gasteiger partial charge in [-0.15, -0.1) is 0 Å². The summed E-state index contributed by atoms with van der Waals surface area (Å²) in [6.45, 7) is 2.24. The Hall–Kier alpha value is -0.590. The molecule has 0 heterocycles. The molecule has 1 heteroatoms. The van der Waals surface area contributed by atoms with E-state index in [4.69, 9.17) is 0 Å². The van der Waals surface area contributed by atoms with Gasteiger partial charge in [0.2, 0.25) is 0 Å². The predicted octanol–water partition coefficient (Wildman–Crippen LogP) is 2.47. The van der Waals surface area contributed by atoms with Gasteiger partial charge in [-0.3, -0.25) is 4.79 Å². The van der Waals surface area contributed by atoms with Crippen LogP contribution in [0.4, 0.5) is 0 Å². The molecule has 1 unspecified atom stereocenters. The maximum absolute atomic E-state index is 11.1. The minimum atomic E-state index is 0.273. The van der Waals surface area contributed by atoms with Crippen molar-refractivity contribution in [2.45, 2.75) is 39.0 Å². The molecule has 0 amide bonds. The van der Waals surface area contributed by atoms with Crippen molar-refractivity contribution >= 4 is 5.78 Å². The molecule has 0 N–H and O–H groups in total. The summed E-state index contributed by atoms with van der Waals surface area (Å²) in [6, 6.07) is 0. The van der Waals surface area contributed by atoms with E-state index in [9.17, 15) is 4.79 Å². The number of ketones is 1. The summed E-state index contributed by atoms with van der Waals surface area (Å²) >= 11 is 0. The van der Waals surface area contributed by atoms with Crippen LogP contribution in [0.2, 0.25) is 0 Å². The molecule has 2 aliphatic carbocycles. The van der Waals surface area contributed by atoms with Gasteiger partial charge in [-0.1, -0.05) is 18.9 Å². The number of carbonyl (C=O) groups excluding carboxylic acids is 1. The number of allylic oxidation sites excluding steroid dienone is 2. The zero-order valence-electron chi connectivity index (χ0n) is 7.02. The molecule has 0 spiro atoms. The molecule has 2 aliphatic rings. The topological polar surface area (TPSA) is 17.1 Å². The van der Waals surface area contributed by atoms with Crippen molar-refractivity contribution in [1.29, 1.82) is 0 Å². The molecular formula is C10H14O. The first-order chi connectivity index (χ1) is 5.21. The van der Waals surface area contributed by atoms with E-state index in [2.05, 4.69) is 6.92 Å². The molecule has 1 saturated carbocycles. The first-order valence-corrected chi connectivity index (χ1v) is 4.45. The molecule has 1 fully saturated rings. The molecule has 1 atom stereocenters. The van der Waals surface area contributed by atoms with Crippen LogP contribution in [0, 0.1) is 5.41 Å². The van der Waals surface area contributed by atoms with Gasteiger partial charge in [-0.2, -0.15) is 0 Å². The highest BCUT2D eigenvalue weighted by atomic mass is 16.1. The second kappa shape index (κ2) is 2.20. The Morgan fingerprint density at radius 2 is 2.27 bits per heavy atom. The van der Waals surface area contributed by atoms with Crippen molar-refractivity contribution in [3.63, 3.8) is 0 Å². The SMILES string of the molecule is CC12CCCCC1=CC(=O)C2. The van der Waals surface area contributed by atoms with Crippen LogP contribution in [0.5, 0.6) is 0 Å². The summed E-state index contributed by atoms with van der Waals surface area (Å²) in [6.07, 6.45) is 7.66. The zero-order chi connectivity index (χ0) is 7.90. The van der Waals surface area contributed by atoms with Gasteiger partial charge in [0.25, 0.3) is 0 Å². The van der Waals surface area contributed by atoms with Crippen LogP contribution >= 0.6 is 0 Å². The third-order valence-electron chi connectivity index (χ3n) is 3.10. The molecule has 0 aromatic carbocycles. The lowest BCUT2D eigenvalue weighted by atomic mass is 9.73. The normalized spacial score (nSPS) is 36.8. The molecule has 11 heavy (non-hydrogen) atoms. The molecule has 0 aromatic heterocycles. The van der Waals surface area contributed by atoms with E-state index in [1.165, 1.54) is 31.3 Å². The Balaban J connectivity index is 2.29. The molecular weight excluding hydrogens is 136 g/mol. The van der Waals surface area contributed by atoms with Gasteiger partial charge in [0.15, 0.2) is 5.78 Å². The highest BCUT2D eigenvalue weighted by Gasteiger charge is 2.37. The first-order valence-electron chi connectivity index (χ1n) is 4.45. The minimum absolute atomic E-state index is 0.273. The summed E-state index contributed by atoms with van der Waals surface area (Å²) in [5.74, 6) is 0.351. The fraction of sp³-hybridized carbons (Fsp3) is 0.700. The van der Waals surface area contributed by atoms with E-state index in [-0.39, 0.29) is 5.41 Å². The van der Waals surface area contributed by atoms with Gasteiger partial charge >= 0.3 is 0 Å². The van der Waals surface area contributed by atoms with Gasteiger partial charge in [0.1, 0.15) is 0 Å². The summed E-state index contributed by atoms with van der Waals surface area (Å²) in [5, 5.41) is 0. The van der Waals surface area contributed by atoms with Crippen LogP contribution in [0.15, 0.2) is 11.6 Å². The van der Waals surface area contributed by atoms with E-state index < -0.39 is 0 Å². The minimum Gasteiger partial charge on any atom is -0.295 e. The monoisotopic (exact) mass is 150 g/mol. The van der Waals surface area contributed by atoms with Crippen LogP contribution in [0.25, 0.3) is 0 Å². The predicted molar refractivity (Wildman–Crippen MR) is 44.3 cm³/mol. The van der Waals surface area contributed by atoms with Crippen LogP contribution in [0.1, 0.15) is 39.0 Å². The maximum atomic E-state index is 11.1. The quantitative estimate of drug-likeness (QED) is 0.518. The molecule has 60 valence electrons. The van der Waals surface area contributed by atoms with Crippen LogP contribution < -0.4 is 0 Å². The summed E-state index contributed by atoms with van der Waals surface area (Å²) < 4.78 is 0. The standard InChI is InChI=1S/C10H14O/c1-10-5-3-2-4-8(10)6-9(11)7-10/h6H,2-5,7H2,1H3. The number of hydrogen-bond acceptors (Lipinski definition) is 1. The van der Waals surface area contributed by atoms with Crippen molar-refractivity contribution in [2.75, 3.05) is 0 Å². The van der Waals surface area contributed by atoms with Crippen molar-refractivity contribution < 1.29 is 4.79 Å². The van der Waals surface area contributed by atoms with E-state index in [0.717, 1.165) is 6.42 Å². The van der Waals surface area contributed by atoms with Gasteiger partial charge < -0.3 is 0 Å².